The van der Waals surface area contributed by atoms with Crippen LogP contribution in [0.4, 0.5) is 0 Å². The molecule has 1 aliphatic heterocycles. The molecule has 1 aromatic carbocycles. The van der Waals surface area contributed by atoms with Crippen LogP contribution in [0.15, 0.2) is 39.8 Å². The van der Waals surface area contributed by atoms with E-state index in [2.05, 4.69) is 46.0 Å². The quantitative estimate of drug-likeness (QED) is 0.499. The molecule has 30 heavy (non-hydrogen) atoms. The fraction of sp³-hybridized carbons (Fsp3) is 0.591. The zero-order chi connectivity index (χ0) is 21.2. The summed E-state index contributed by atoms with van der Waals surface area (Å²) in [6.45, 7) is 13.3. The average molecular weight is 415 g/mol. The zero-order valence-corrected chi connectivity index (χ0v) is 18.4. The van der Waals surface area contributed by atoms with Crippen molar-refractivity contribution in [3.05, 3.63) is 42.0 Å². The summed E-state index contributed by atoms with van der Waals surface area (Å²) in [5, 5.41) is 7.42. The van der Waals surface area contributed by atoms with Crippen LogP contribution in [0.1, 0.15) is 38.4 Å². The van der Waals surface area contributed by atoms with Crippen molar-refractivity contribution in [3.63, 3.8) is 0 Å². The predicted molar refractivity (Wildman–Crippen MR) is 118 cm³/mol. The Bertz CT molecular complexity index is 769. The minimum atomic E-state index is 0.276. The maximum absolute atomic E-state index is 5.82. The SMILES string of the molecule is CCNC(=NCCc1nc(C(C)C)no1)N1CCN(CCOc2ccccc2)CC1. The van der Waals surface area contributed by atoms with Gasteiger partial charge in [0.2, 0.25) is 5.89 Å². The molecule has 8 heteroatoms. The summed E-state index contributed by atoms with van der Waals surface area (Å²) in [6, 6.07) is 9.99. The molecule has 0 amide bonds. The Hall–Kier alpha value is -2.61. The molecule has 8 nitrogen and oxygen atoms in total. The molecule has 1 fully saturated rings. The number of aromatic nitrogens is 2. The third-order valence-corrected chi connectivity index (χ3v) is 5.01. The molecule has 0 radical (unpaired) electrons. The summed E-state index contributed by atoms with van der Waals surface area (Å²) in [4.78, 5) is 14.0. The van der Waals surface area contributed by atoms with E-state index in [1.807, 2.05) is 30.3 Å². The lowest BCUT2D eigenvalue weighted by atomic mass is 10.2. The molecule has 2 aromatic rings. The van der Waals surface area contributed by atoms with Gasteiger partial charge in [0.15, 0.2) is 11.8 Å². The first kappa shape index (κ1) is 22.1. The minimum absolute atomic E-state index is 0.276. The van der Waals surface area contributed by atoms with Gasteiger partial charge in [-0.25, -0.2) is 0 Å². The number of aliphatic imine (C=N–C) groups is 1. The van der Waals surface area contributed by atoms with Crippen molar-refractivity contribution in [2.45, 2.75) is 33.1 Å². The van der Waals surface area contributed by atoms with Gasteiger partial charge in [-0.1, -0.05) is 37.2 Å². The maximum Gasteiger partial charge on any atom is 0.228 e. The highest BCUT2D eigenvalue weighted by Gasteiger charge is 2.19. The van der Waals surface area contributed by atoms with Gasteiger partial charge in [-0.2, -0.15) is 4.98 Å². The lowest BCUT2D eigenvalue weighted by Gasteiger charge is -2.36. The number of nitrogens with zero attached hydrogens (tertiary/aromatic N) is 5. The van der Waals surface area contributed by atoms with Crippen molar-refractivity contribution in [2.24, 2.45) is 4.99 Å². The topological polar surface area (TPSA) is 79.0 Å². The van der Waals surface area contributed by atoms with Gasteiger partial charge >= 0.3 is 0 Å². The maximum atomic E-state index is 5.82. The number of guanidine groups is 1. The molecule has 0 unspecified atom stereocenters. The van der Waals surface area contributed by atoms with Gasteiger partial charge in [-0.3, -0.25) is 9.89 Å². The second-order valence-electron chi connectivity index (χ2n) is 7.68. The zero-order valence-electron chi connectivity index (χ0n) is 18.4. The molecule has 1 saturated heterocycles. The van der Waals surface area contributed by atoms with Crippen LogP contribution in [0.25, 0.3) is 0 Å². The monoisotopic (exact) mass is 414 g/mol. The molecule has 2 heterocycles. The fourth-order valence-corrected chi connectivity index (χ4v) is 3.28. The van der Waals surface area contributed by atoms with Crippen molar-refractivity contribution in [2.75, 3.05) is 52.4 Å². The number of para-hydroxylation sites is 1. The van der Waals surface area contributed by atoms with E-state index >= 15 is 0 Å². The predicted octanol–water partition coefficient (Wildman–Crippen LogP) is 2.40. The largest absolute Gasteiger partial charge is 0.492 e. The second-order valence-corrected chi connectivity index (χ2v) is 7.68. The van der Waals surface area contributed by atoms with E-state index < -0.39 is 0 Å². The number of nitrogens with one attached hydrogen (secondary N) is 1. The van der Waals surface area contributed by atoms with Gasteiger partial charge in [0.05, 0.1) is 6.54 Å². The summed E-state index contributed by atoms with van der Waals surface area (Å²) in [6.07, 6.45) is 0.658. The molecular formula is C22H34N6O2. The number of ether oxygens (including phenoxy) is 1. The van der Waals surface area contributed by atoms with Gasteiger partial charge in [0, 0.05) is 51.6 Å². The second kappa shape index (κ2) is 11.5. The van der Waals surface area contributed by atoms with E-state index in [4.69, 9.17) is 14.3 Å². The van der Waals surface area contributed by atoms with Crippen LogP contribution >= 0.6 is 0 Å². The van der Waals surface area contributed by atoms with Crippen LogP contribution in [-0.4, -0.2) is 78.3 Å². The standard InChI is InChI=1S/C22H34N6O2/c1-4-23-22(24-11-10-20-25-21(18(2)3)26-30-20)28-14-12-27(13-15-28)16-17-29-19-8-6-5-7-9-19/h5-9,18H,4,10-17H2,1-3H3,(H,23,24). The Labute approximate surface area is 179 Å². The van der Waals surface area contributed by atoms with Crippen molar-refractivity contribution < 1.29 is 9.26 Å². The molecule has 1 aromatic heterocycles. The molecule has 164 valence electrons. The number of benzene rings is 1. The van der Waals surface area contributed by atoms with Crippen LogP contribution in [-0.2, 0) is 6.42 Å². The van der Waals surface area contributed by atoms with Crippen LogP contribution in [0.3, 0.4) is 0 Å². The first-order chi connectivity index (χ1) is 14.7. The molecule has 0 bridgehead atoms. The summed E-state index contributed by atoms with van der Waals surface area (Å²) < 4.78 is 11.1. The molecular weight excluding hydrogens is 380 g/mol. The summed E-state index contributed by atoms with van der Waals surface area (Å²) in [5.74, 6) is 3.58. The Morgan fingerprint density at radius 3 is 2.63 bits per heavy atom. The van der Waals surface area contributed by atoms with Gasteiger partial charge in [-0.05, 0) is 19.1 Å². The number of hydrogen-bond donors (Lipinski definition) is 1. The lowest BCUT2D eigenvalue weighted by Crippen LogP contribution is -2.53. The highest BCUT2D eigenvalue weighted by molar-refractivity contribution is 5.80. The molecule has 3 rings (SSSR count). The van der Waals surface area contributed by atoms with E-state index in [-0.39, 0.29) is 5.92 Å². The van der Waals surface area contributed by atoms with Crippen LogP contribution < -0.4 is 10.1 Å². The first-order valence-electron chi connectivity index (χ1n) is 10.9. The Balaban J connectivity index is 1.42. The van der Waals surface area contributed by atoms with Gasteiger partial charge < -0.3 is 19.5 Å². The number of rotatable bonds is 9. The summed E-state index contributed by atoms with van der Waals surface area (Å²) in [7, 11) is 0. The van der Waals surface area contributed by atoms with Crippen molar-refractivity contribution in [3.8, 4) is 5.75 Å². The average Bonchev–Trinajstić information content (AvgIpc) is 3.24. The van der Waals surface area contributed by atoms with Crippen LogP contribution in [0.5, 0.6) is 5.75 Å². The summed E-state index contributed by atoms with van der Waals surface area (Å²) in [5.41, 5.74) is 0. The Morgan fingerprint density at radius 2 is 1.97 bits per heavy atom. The third kappa shape index (κ3) is 6.73. The van der Waals surface area contributed by atoms with E-state index in [1.165, 1.54) is 0 Å². The molecule has 0 aliphatic carbocycles. The van der Waals surface area contributed by atoms with Crippen LogP contribution in [0, 0.1) is 0 Å². The van der Waals surface area contributed by atoms with Gasteiger partial charge in [0.1, 0.15) is 12.4 Å². The highest BCUT2D eigenvalue weighted by atomic mass is 16.5. The summed E-state index contributed by atoms with van der Waals surface area (Å²) >= 11 is 0. The molecule has 1 aliphatic rings. The van der Waals surface area contributed by atoms with Gasteiger partial charge in [0.25, 0.3) is 0 Å². The van der Waals surface area contributed by atoms with Crippen molar-refractivity contribution >= 4 is 5.96 Å². The Morgan fingerprint density at radius 1 is 1.20 bits per heavy atom. The molecule has 0 spiro atoms. The highest BCUT2D eigenvalue weighted by Crippen LogP contribution is 2.11. The molecule has 1 N–H and O–H groups in total. The fourth-order valence-electron chi connectivity index (χ4n) is 3.28. The third-order valence-electron chi connectivity index (χ3n) is 5.01. The minimum Gasteiger partial charge on any atom is -0.492 e. The first-order valence-corrected chi connectivity index (χ1v) is 10.9. The number of piperazine rings is 1. The van der Waals surface area contributed by atoms with E-state index in [9.17, 15) is 0 Å². The molecule has 0 saturated carbocycles. The normalized spacial score (nSPS) is 15.6. The van der Waals surface area contributed by atoms with E-state index in [0.717, 1.165) is 56.8 Å². The Kier molecular flexibility index (Phi) is 8.50. The van der Waals surface area contributed by atoms with Gasteiger partial charge in [-0.15, -0.1) is 0 Å². The smallest absolute Gasteiger partial charge is 0.228 e. The lowest BCUT2D eigenvalue weighted by molar-refractivity contribution is 0.152. The van der Waals surface area contributed by atoms with E-state index in [0.29, 0.717) is 25.5 Å². The van der Waals surface area contributed by atoms with E-state index in [1.54, 1.807) is 0 Å². The van der Waals surface area contributed by atoms with Crippen molar-refractivity contribution in [1.29, 1.82) is 0 Å². The number of hydrogen-bond acceptors (Lipinski definition) is 6. The molecule has 0 atom stereocenters. The van der Waals surface area contributed by atoms with Crippen LogP contribution in [0.2, 0.25) is 0 Å². The van der Waals surface area contributed by atoms with Crippen molar-refractivity contribution in [1.82, 2.24) is 25.3 Å².